The van der Waals surface area contributed by atoms with Crippen LogP contribution in [0.3, 0.4) is 0 Å². The lowest BCUT2D eigenvalue weighted by atomic mass is 9.95. The van der Waals surface area contributed by atoms with Crippen molar-refractivity contribution >= 4 is 21.6 Å². The molecule has 9 nitrogen and oxygen atoms in total. The molecule has 1 fully saturated rings. The third-order valence-electron chi connectivity index (χ3n) is 5.06. The van der Waals surface area contributed by atoms with Crippen LogP contribution in [-0.2, 0) is 20.9 Å². The van der Waals surface area contributed by atoms with Gasteiger partial charge in [-0.1, -0.05) is 13.8 Å². The van der Waals surface area contributed by atoms with Crippen LogP contribution in [0.2, 0.25) is 0 Å². The number of ether oxygens (including phenoxy) is 1. The SMILES string of the molecule is CC1(C)CO[C@@H](C(F)(F)F)CN(N(C(=O)c2cccnc2C(F)(F)F)c2ccnc(S(N)(=O)=O)c2)C1. The monoisotopic (exact) mass is 541 g/mol. The van der Waals surface area contributed by atoms with Gasteiger partial charge in [0.15, 0.2) is 16.8 Å². The molecule has 0 aliphatic carbocycles. The first kappa shape index (κ1) is 27.8. The molecule has 0 spiro atoms. The van der Waals surface area contributed by atoms with Crippen molar-refractivity contribution < 1.29 is 44.3 Å². The Balaban J connectivity index is 2.23. The molecule has 1 amide bonds. The lowest BCUT2D eigenvalue weighted by molar-refractivity contribution is -0.222. The Morgan fingerprint density at radius 2 is 1.83 bits per heavy atom. The molecule has 1 saturated heterocycles. The molecule has 198 valence electrons. The third kappa shape index (κ3) is 6.29. The molecule has 2 aromatic rings. The highest BCUT2D eigenvalue weighted by molar-refractivity contribution is 7.89. The molecule has 1 aliphatic rings. The van der Waals surface area contributed by atoms with Gasteiger partial charge in [-0.25, -0.2) is 28.6 Å². The van der Waals surface area contributed by atoms with Crippen molar-refractivity contribution in [2.24, 2.45) is 10.6 Å². The van der Waals surface area contributed by atoms with Crippen molar-refractivity contribution in [1.82, 2.24) is 15.0 Å². The number of alkyl halides is 6. The summed E-state index contributed by atoms with van der Waals surface area (Å²) in [6, 6.07) is 3.69. The number of carbonyl (C=O) groups is 1. The summed E-state index contributed by atoms with van der Waals surface area (Å²) in [5.41, 5.74) is -3.92. The molecule has 3 rings (SSSR count). The number of anilines is 1. The highest BCUT2D eigenvalue weighted by atomic mass is 32.2. The van der Waals surface area contributed by atoms with Crippen molar-refractivity contribution in [3.8, 4) is 0 Å². The number of nitrogens with zero attached hydrogens (tertiary/aromatic N) is 4. The predicted octanol–water partition coefficient (Wildman–Crippen LogP) is 2.99. The highest BCUT2D eigenvalue weighted by Crippen LogP contribution is 2.35. The van der Waals surface area contributed by atoms with Gasteiger partial charge in [0.25, 0.3) is 15.9 Å². The summed E-state index contributed by atoms with van der Waals surface area (Å²) in [6.07, 6.45) is -10.6. The molecule has 1 atom stereocenters. The van der Waals surface area contributed by atoms with Gasteiger partial charge in [0.1, 0.15) is 0 Å². The summed E-state index contributed by atoms with van der Waals surface area (Å²) in [7, 11) is -4.44. The van der Waals surface area contributed by atoms with E-state index in [1.54, 1.807) is 0 Å². The summed E-state index contributed by atoms with van der Waals surface area (Å²) >= 11 is 0. The smallest absolute Gasteiger partial charge is 0.367 e. The summed E-state index contributed by atoms with van der Waals surface area (Å²) in [5.74, 6) is -1.40. The molecule has 36 heavy (non-hydrogen) atoms. The number of carbonyl (C=O) groups excluding carboxylic acids is 1. The van der Waals surface area contributed by atoms with E-state index in [2.05, 4.69) is 9.97 Å². The van der Waals surface area contributed by atoms with Crippen LogP contribution in [0, 0.1) is 5.41 Å². The van der Waals surface area contributed by atoms with Gasteiger partial charge in [0, 0.05) is 30.4 Å². The number of hydrogen-bond acceptors (Lipinski definition) is 7. The number of halogens is 6. The average Bonchev–Trinajstić information content (AvgIpc) is 2.90. The first-order valence-electron chi connectivity index (χ1n) is 10.2. The van der Waals surface area contributed by atoms with E-state index in [1.165, 1.54) is 13.8 Å². The molecule has 2 N–H and O–H groups in total. The largest absolute Gasteiger partial charge is 0.434 e. The zero-order valence-corrected chi connectivity index (χ0v) is 19.7. The second kappa shape index (κ2) is 9.57. The fourth-order valence-electron chi connectivity index (χ4n) is 3.54. The number of hydrazine groups is 1. The van der Waals surface area contributed by atoms with Gasteiger partial charge < -0.3 is 4.74 Å². The van der Waals surface area contributed by atoms with E-state index in [9.17, 15) is 39.6 Å². The van der Waals surface area contributed by atoms with Crippen LogP contribution in [0.4, 0.5) is 32.0 Å². The van der Waals surface area contributed by atoms with E-state index in [4.69, 9.17) is 9.88 Å². The van der Waals surface area contributed by atoms with Gasteiger partial charge in [-0.3, -0.25) is 9.78 Å². The number of sulfonamides is 1. The molecule has 3 heterocycles. The minimum Gasteiger partial charge on any atom is -0.367 e. The van der Waals surface area contributed by atoms with E-state index < -0.39 is 62.6 Å². The summed E-state index contributed by atoms with van der Waals surface area (Å²) in [4.78, 5) is 20.4. The van der Waals surface area contributed by atoms with Crippen LogP contribution in [0.1, 0.15) is 29.9 Å². The molecular weight excluding hydrogens is 520 g/mol. The Kier molecular flexibility index (Phi) is 7.38. The average molecular weight is 541 g/mol. The Labute approximate surface area is 201 Å². The molecule has 1 aliphatic heterocycles. The molecular formula is C20H21F6N5O4S. The quantitative estimate of drug-likeness (QED) is 0.592. The first-order chi connectivity index (χ1) is 16.4. The number of aromatic nitrogens is 2. The predicted molar refractivity (Wildman–Crippen MR) is 113 cm³/mol. The Hall–Kier alpha value is -2.82. The molecule has 16 heteroatoms. The van der Waals surface area contributed by atoms with Crippen LogP contribution in [-0.4, -0.2) is 61.3 Å². The zero-order chi connectivity index (χ0) is 27.1. The second-order valence-electron chi connectivity index (χ2n) is 8.76. The lowest BCUT2D eigenvalue weighted by Crippen LogP contribution is -2.53. The number of amides is 1. The Morgan fingerprint density at radius 3 is 2.42 bits per heavy atom. The highest BCUT2D eigenvalue weighted by Gasteiger charge is 2.47. The van der Waals surface area contributed by atoms with Gasteiger partial charge in [-0.05, 0) is 18.2 Å². The van der Waals surface area contributed by atoms with E-state index in [1.807, 2.05) is 0 Å². The number of rotatable bonds is 4. The number of nitrogens with two attached hydrogens (primary N) is 1. The first-order valence-corrected chi connectivity index (χ1v) is 11.7. The van der Waals surface area contributed by atoms with Crippen molar-refractivity contribution in [3.63, 3.8) is 0 Å². The van der Waals surface area contributed by atoms with E-state index in [0.717, 1.165) is 41.7 Å². The van der Waals surface area contributed by atoms with Crippen LogP contribution < -0.4 is 10.1 Å². The van der Waals surface area contributed by atoms with Crippen molar-refractivity contribution in [3.05, 3.63) is 47.9 Å². The van der Waals surface area contributed by atoms with Crippen molar-refractivity contribution in [1.29, 1.82) is 0 Å². The maximum atomic E-state index is 13.7. The van der Waals surface area contributed by atoms with Crippen molar-refractivity contribution in [2.75, 3.05) is 24.7 Å². The third-order valence-corrected chi connectivity index (χ3v) is 5.87. The van der Waals surface area contributed by atoms with Gasteiger partial charge in [0.05, 0.1) is 24.4 Å². The number of pyridine rings is 2. The van der Waals surface area contributed by atoms with Gasteiger partial charge in [0.2, 0.25) is 0 Å². The van der Waals surface area contributed by atoms with Crippen LogP contribution in [0.15, 0.2) is 41.7 Å². The van der Waals surface area contributed by atoms with E-state index in [-0.39, 0.29) is 18.8 Å². The molecule has 0 bridgehead atoms. The normalized spacial score (nSPS) is 19.5. The minimum absolute atomic E-state index is 0.278. The van der Waals surface area contributed by atoms with Crippen LogP contribution in [0.5, 0.6) is 0 Å². The number of hydrogen-bond donors (Lipinski definition) is 1. The van der Waals surface area contributed by atoms with E-state index in [0.29, 0.717) is 5.01 Å². The number of primary sulfonamides is 1. The minimum atomic E-state index is -5.07. The molecule has 2 aromatic heterocycles. The van der Waals surface area contributed by atoms with Crippen LogP contribution in [0.25, 0.3) is 0 Å². The maximum absolute atomic E-state index is 13.7. The molecule has 0 unspecified atom stereocenters. The molecule has 0 saturated carbocycles. The van der Waals surface area contributed by atoms with Crippen LogP contribution >= 0.6 is 0 Å². The summed E-state index contributed by atoms with van der Waals surface area (Å²) < 4.78 is 110. The fourth-order valence-corrected chi connectivity index (χ4v) is 4.03. The topological polar surface area (TPSA) is 119 Å². The van der Waals surface area contributed by atoms with Gasteiger partial charge >= 0.3 is 12.4 Å². The Bertz CT molecular complexity index is 1240. The summed E-state index contributed by atoms with van der Waals surface area (Å²) in [5, 5.41) is 5.74. The standard InChI is InChI=1S/C20H21F6N5O4S/c1-18(2)10-30(9-14(35-11-18)19(21,22)23)31(12-5-7-28-15(8-12)36(27,33)34)17(32)13-4-3-6-29-16(13)20(24,25)26/h3-8,14H,9-11H2,1-2H3,(H2,27,33,34)/t14-/m1/s1. The summed E-state index contributed by atoms with van der Waals surface area (Å²) in [6.45, 7) is 1.44. The molecule has 0 aromatic carbocycles. The fraction of sp³-hybridized carbons (Fsp3) is 0.450. The second-order valence-corrected chi connectivity index (χ2v) is 10.3. The zero-order valence-electron chi connectivity index (χ0n) is 18.8. The van der Waals surface area contributed by atoms with Gasteiger partial charge in [-0.2, -0.15) is 26.3 Å². The Morgan fingerprint density at radius 1 is 1.17 bits per heavy atom. The maximum Gasteiger partial charge on any atom is 0.434 e. The van der Waals surface area contributed by atoms with E-state index >= 15 is 0 Å². The lowest BCUT2D eigenvalue weighted by Gasteiger charge is -2.38. The van der Waals surface area contributed by atoms with Gasteiger partial charge in [-0.15, -0.1) is 0 Å². The molecule has 0 radical (unpaired) electrons. The van der Waals surface area contributed by atoms with Crippen molar-refractivity contribution in [2.45, 2.75) is 37.3 Å².